The Morgan fingerprint density at radius 2 is 0.158 bits per heavy atom. The molecule has 0 heterocycles. The minimum atomic E-state index is 0. The molecule has 38 heavy (non-hydrogen) atoms. The average molecular weight is 1110 g/mol. The van der Waals surface area contributed by atoms with Crippen molar-refractivity contribution >= 4 is 0 Å². The minimum Gasteiger partial charge on any atom is -0.569 e. The van der Waals surface area contributed by atoms with Crippen LogP contribution >= 0.6 is 0 Å². The van der Waals surface area contributed by atoms with Crippen LogP contribution in [0.2, 0.25) is 0 Å². The summed E-state index contributed by atoms with van der Waals surface area (Å²) in [7, 11) is 36.0. The van der Waals surface area contributed by atoms with E-state index in [0.29, 0.717) is 0 Å². The van der Waals surface area contributed by atoms with Crippen molar-refractivity contribution < 1.29 is 199 Å². The molecule has 0 aliphatic rings. The predicted octanol–water partition coefficient (Wildman–Crippen LogP) is 2.39. The Hall–Kier alpha value is 3.10. The summed E-state index contributed by atoms with van der Waals surface area (Å²) in [5.41, 5.74) is 0. The molecule has 0 atom stereocenters. The third kappa shape index (κ3) is 5910. The maximum absolute atomic E-state index is 6.75. The van der Waals surface area contributed by atoms with E-state index in [-0.39, 0.29) is 117 Å². The van der Waals surface area contributed by atoms with Crippen LogP contribution < -0.4 is 0 Å². The largest absolute Gasteiger partial charge is 3.00 e. The van der Waals surface area contributed by atoms with E-state index in [1.165, 1.54) is 0 Å². The summed E-state index contributed by atoms with van der Waals surface area (Å²) >= 11 is 0. The van der Waals surface area contributed by atoms with Gasteiger partial charge in [-0.3, -0.25) is 0 Å². The van der Waals surface area contributed by atoms with Gasteiger partial charge in [0, 0.05) is 19.5 Å². The van der Waals surface area contributed by atoms with Crippen molar-refractivity contribution in [2.24, 2.45) is 0 Å². The zero-order chi connectivity index (χ0) is 32.0. The summed E-state index contributed by atoms with van der Waals surface area (Å²) in [6.07, 6.45) is 0. The molecule has 0 aliphatic heterocycles. The van der Waals surface area contributed by atoms with Crippen molar-refractivity contribution in [1.82, 2.24) is 0 Å². The van der Waals surface area contributed by atoms with Crippen molar-refractivity contribution in [2.75, 3.05) is 0 Å². The van der Waals surface area contributed by atoms with Crippen LogP contribution in [0.5, 0.6) is 0 Å². The van der Waals surface area contributed by atoms with Gasteiger partial charge in [-0.25, -0.2) is 114 Å². The van der Waals surface area contributed by atoms with Crippen LogP contribution in [0, 0.1) is 114 Å². The van der Waals surface area contributed by atoms with E-state index in [1.54, 1.807) is 0 Å². The van der Waals surface area contributed by atoms with Crippen molar-refractivity contribution in [3.8, 4) is 0 Å². The zero-order valence-electron chi connectivity index (χ0n) is 20.5. The second-order valence-corrected chi connectivity index (χ2v) is 0. The van der Waals surface area contributed by atoms with Crippen LogP contribution in [-0.2, 0) is 117 Å². The molecule has 16 N–H and O–H groups in total. The van der Waals surface area contributed by atoms with Crippen molar-refractivity contribution in [2.45, 2.75) is 0 Å². The Balaban J connectivity index is -0.00000000356. The number of aliphatic hydroxyl groups is 16. The fourth-order valence-electron chi connectivity index (χ4n) is 0. The van der Waals surface area contributed by atoms with Gasteiger partial charge in [-0.2, -0.15) is 0 Å². The van der Waals surface area contributed by atoms with Crippen LogP contribution in [0.1, 0.15) is 0 Å². The summed E-state index contributed by atoms with van der Waals surface area (Å²) in [4.78, 5) is 0. The standard InChI is InChI=1S/16CH3O.6Rh/c16*1-2;;;;;;/h16*2H,1H2;;;;;;/q16*-1;;3*+2;2*+3. The molecule has 4 radical (unpaired) electrons. The number of hydrogen-bond donors (Lipinski definition) is 16. The molecule has 22 heteroatoms. The van der Waals surface area contributed by atoms with Crippen molar-refractivity contribution in [1.29, 1.82) is 0 Å². The average Bonchev–Trinajstić information content (AvgIpc) is 3.05. The maximum atomic E-state index is 6.75. The topological polar surface area (TPSA) is 324 Å². The summed E-state index contributed by atoms with van der Waals surface area (Å²) in [6, 6.07) is 0. The van der Waals surface area contributed by atoms with E-state index in [1.807, 2.05) is 0 Å². The molecule has 0 saturated heterocycles. The van der Waals surface area contributed by atoms with Crippen LogP contribution in [0.25, 0.3) is 0 Å². The molecule has 0 spiro atoms. The fraction of sp³-hybridized carbons (Fsp3) is 0. The van der Waals surface area contributed by atoms with E-state index in [4.69, 9.17) is 81.7 Å². The van der Waals surface area contributed by atoms with E-state index in [2.05, 4.69) is 114 Å². The van der Waals surface area contributed by atoms with Gasteiger partial charge >= 0.3 is 97.4 Å². The molecule has 16 nitrogen and oxygen atoms in total. The molecular formula is C16H48O16Rh6-4. The molecule has 0 aromatic heterocycles. The fourth-order valence-corrected chi connectivity index (χ4v) is 0. The van der Waals surface area contributed by atoms with E-state index < -0.39 is 0 Å². The van der Waals surface area contributed by atoms with E-state index in [0.717, 1.165) is 0 Å². The summed E-state index contributed by atoms with van der Waals surface area (Å²) < 4.78 is 0. The Labute approximate surface area is 309 Å². The summed E-state index contributed by atoms with van der Waals surface area (Å²) in [5, 5.41) is 108. The number of hydrogen-bond acceptors (Lipinski definition) is 16. The van der Waals surface area contributed by atoms with Crippen LogP contribution in [-0.4, -0.2) is 81.7 Å². The number of rotatable bonds is 0. The molecule has 0 aliphatic carbocycles. The smallest absolute Gasteiger partial charge is 0.569 e. The van der Waals surface area contributed by atoms with Gasteiger partial charge in [-0.1, -0.05) is 0 Å². The SMILES string of the molecule is [CH2-]O.[CH2-]O.[CH2-]O.[CH2-]O.[CH2-]O.[CH2-]O.[CH2-]O.[CH2-]O.[CH2-]O.[CH2-]O.[CH2-]O.[CH2-]O.[CH2-]O.[CH2-]O.[CH2-]O.[CH2-]O.[Rh+2].[Rh+2].[Rh+2].[Rh+3].[Rh+3].[Rh]. The number of aliphatic hydroxyl groups excluding tert-OH is 16. The first kappa shape index (κ1) is 181. The van der Waals surface area contributed by atoms with E-state index in [9.17, 15) is 0 Å². The second-order valence-electron chi connectivity index (χ2n) is 0. The van der Waals surface area contributed by atoms with Gasteiger partial charge in [0.25, 0.3) is 0 Å². The molecule has 0 saturated carbocycles. The summed E-state index contributed by atoms with van der Waals surface area (Å²) in [6.45, 7) is 0. The first-order valence-corrected chi connectivity index (χ1v) is 5.06. The first-order chi connectivity index (χ1) is 16.0. The normalized spacial score (nSPS) is 2.53. The molecule has 0 fully saturated rings. The van der Waals surface area contributed by atoms with Gasteiger partial charge in [0.05, 0.1) is 0 Å². The molecule has 266 valence electrons. The third-order valence-electron chi connectivity index (χ3n) is 0. The molecule has 0 bridgehead atoms. The maximum Gasteiger partial charge on any atom is 3.00 e. The molecular weight excluding hydrogens is 1070 g/mol. The zero-order valence-corrected chi connectivity index (χ0v) is 30.3. The molecule has 0 rings (SSSR count). The van der Waals surface area contributed by atoms with Gasteiger partial charge in [0.15, 0.2) is 0 Å². The predicted molar refractivity (Wildman–Crippen MR) is 117 cm³/mol. The van der Waals surface area contributed by atoms with Crippen LogP contribution in [0.15, 0.2) is 0 Å². The van der Waals surface area contributed by atoms with Crippen LogP contribution in [0.4, 0.5) is 0 Å². The Kier molecular flexibility index (Phi) is 30400. The van der Waals surface area contributed by atoms with Gasteiger partial charge in [0.2, 0.25) is 0 Å². The monoisotopic (exact) mass is 1110 g/mol. The molecule has 0 unspecified atom stereocenters. The first-order valence-electron chi connectivity index (χ1n) is 5.06. The van der Waals surface area contributed by atoms with Gasteiger partial charge < -0.3 is 81.7 Å². The molecule has 0 aromatic carbocycles. The van der Waals surface area contributed by atoms with Gasteiger partial charge in [0.1, 0.15) is 0 Å². The quantitative estimate of drug-likeness (QED) is 0.122. The minimum absolute atomic E-state index is 0. The Morgan fingerprint density at radius 3 is 0.158 bits per heavy atom. The Morgan fingerprint density at radius 1 is 0.158 bits per heavy atom. The van der Waals surface area contributed by atoms with Gasteiger partial charge in [-0.15, -0.1) is 0 Å². The van der Waals surface area contributed by atoms with Gasteiger partial charge in [-0.05, 0) is 0 Å². The van der Waals surface area contributed by atoms with E-state index >= 15 is 0 Å². The summed E-state index contributed by atoms with van der Waals surface area (Å²) in [5.74, 6) is 0. The van der Waals surface area contributed by atoms with Crippen molar-refractivity contribution in [3.63, 3.8) is 0 Å². The molecule has 0 aromatic rings. The third-order valence-corrected chi connectivity index (χ3v) is 0. The van der Waals surface area contributed by atoms with Crippen LogP contribution in [0.3, 0.4) is 0 Å². The Bertz CT molecular complexity index is 55.9. The second kappa shape index (κ2) is 6380. The molecule has 0 amide bonds. The van der Waals surface area contributed by atoms with Crippen molar-refractivity contribution in [3.05, 3.63) is 114 Å².